The summed E-state index contributed by atoms with van der Waals surface area (Å²) in [6.45, 7) is 0. The summed E-state index contributed by atoms with van der Waals surface area (Å²) in [7, 11) is -5.07. The van der Waals surface area contributed by atoms with Crippen molar-refractivity contribution in [1.82, 2.24) is 9.97 Å². The summed E-state index contributed by atoms with van der Waals surface area (Å²) in [5.41, 5.74) is 1.62. The Morgan fingerprint density at radius 1 is 0.943 bits per heavy atom. The monoisotopic (exact) mass is 563 g/mol. The van der Waals surface area contributed by atoms with Gasteiger partial charge in [0, 0.05) is 26.3 Å². The van der Waals surface area contributed by atoms with Crippen LogP contribution in [-0.2, 0) is 30.0 Å². The van der Waals surface area contributed by atoms with Crippen LogP contribution >= 0.6 is 23.2 Å². The highest BCUT2D eigenvalue weighted by atomic mass is 35.5. The zero-order valence-electron chi connectivity index (χ0n) is 17.6. The van der Waals surface area contributed by atoms with Crippen molar-refractivity contribution in [2.75, 3.05) is 12.5 Å². The number of nitriles is 2. The summed E-state index contributed by atoms with van der Waals surface area (Å²) in [5.74, 6) is 0.213. The third kappa shape index (κ3) is 9.38. The lowest BCUT2D eigenvalue weighted by Gasteiger charge is -2.29. The van der Waals surface area contributed by atoms with E-state index in [2.05, 4.69) is 18.7 Å². The van der Waals surface area contributed by atoms with Crippen LogP contribution in [-0.4, -0.2) is 30.9 Å². The van der Waals surface area contributed by atoms with Crippen molar-refractivity contribution in [3.05, 3.63) is 58.1 Å². The quantitative estimate of drug-likeness (QED) is 0.289. The van der Waals surface area contributed by atoms with E-state index in [1.165, 1.54) is 12.5 Å². The average Bonchev–Trinajstić information content (AvgIpc) is 3.22. The Kier molecular flexibility index (Phi) is 15.0. The fourth-order valence-corrected chi connectivity index (χ4v) is 6.75. The molecule has 1 aliphatic carbocycles. The van der Waals surface area contributed by atoms with E-state index >= 15 is 0 Å². The van der Waals surface area contributed by atoms with Gasteiger partial charge in [-0.15, -0.1) is 8.73 Å². The molecule has 2 heterocycles. The van der Waals surface area contributed by atoms with Crippen molar-refractivity contribution in [2.24, 2.45) is 8.73 Å². The van der Waals surface area contributed by atoms with E-state index < -0.39 is 24.2 Å². The van der Waals surface area contributed by atoms with Gasteiger partial charge in [0.2, 0.25) is 12.4 Å². The summed E-state index contributed by atoms with van der Waals surface area (Å²) in [6, 6.07) is 6.86. The fraction of sp³-hybridized carbons (Fsp3) is 0.478. The maximum atomic E-state index is 12.7. The first kappa shape index (κ1) is 34.9. The number of nitrogens with zero attached hydrogens (tertiary/aromatic N) is 6. The van der Waals surface area contributed by atoms with Gasteiger partial charge in [0.15, 0.2) is 0 Å². The smallest absolute Gasteiger partial charge is 0.214 e. The molecule has 0 amide bonds. The van der Waals surface area contributed by atoms with Crippen molar-refractivity contribution in [1.29, 1.82) is 10.5 Å². The molecule has 0 saturated heterocycles. The van der Waals surface area contributed by atoms with Gasteiger partial charge < -0.3 is 0 Å². The minimum absolute atomic E-state index is 0. The minimum atomic E-state index is -2.61. The summed E-state index contributed by atoms with van der Waals surface area (Å²) in [5, 5.41) is 17.8. The molecule has 0 radical (unpaired) electrons. The third-order valence-corrected chi connectivity index (χ3v) is 9.37. The van der Waals surface area contributed by atoms with Crippen LogP contribution in [0.25, 0.3) is 0 Å². The molecule has 0 N–H and O–H groups in total. The Labute approximate surface area is 222 Å². The number of pyridine rings is 2. The second-order valence-electron chi connectivity index (χ2n) is 7.35. The van der Waals surface area contributed by atoms with Crippen LogP contribution in [0.3, 0.4) is 0 Å². The lowest BCUT2D eigenvalue weighted by Crippen LogP contribution is -2.31. The minimum Gasteiger partial charge on any atom is -0.249 e. The van der Waals surface area contributed by atoms with Crippen LogP contribution in [0.4, 0.5) is 0 Å². The lowest BCUT2D eigenvalue weighted by molar-refractivity contribution is 0.586. The molecular weight excluding hydrogens is 527 g/mol. The normalized spacial score (nSPS) is 16.4. The van der Waals surface area contributed by atoms with Crippen molar-refractivity contribution in [2.45, 2.75) is 58.5 Å². The molecule has 3 rings (SSSR count). The first-order valence-corrected chi connectivity index (χ1v) is 14.2. The van der Waals surface area contributed by atoms with Crippen LogP contribution < -0.4 is 0 Å². The Morgan fingerprint density at radius 3 is 1.89 bits per heavy atom. The molecule has 8 nitrogen and oxygen atoms in total. The van der Waals surface area contributed by atoms with E-state index in [1.54, 1.807) is 43.0 Å². The topological polar surface area (TPSA) is 132 Å². The van der Waals surface area contributed by atoms with Crippen LogP contribution in [0.5, 0.6) is 0 Å². The molecule has 35 heavy (non-hydrogen) atoms. The van der Waals surface area contributed by atoms with Crippen molar-refractivity contribution in [3.63, 3.8) is 0 Å². The van der Waals surface area contributed by atoms with Gasteiger partial charge in [-0.3, -0.25) is 0 Å². The molecular formula is C23H36Cl2N6O2S2. The summed E-state index contributed by atoms with van der Waals surface area (Å²) >= 11 is 11.4. The van der Waals surface area contributed by atoms with Gasteiger partial charge in [-0.05, 0) is 36.1 Å². The molecule has 0 aromatic carbocycles. The standard InChI is InChI=1S/C12H14ClN3OS.C8H8ClN3OS.3CH4.H2/c1-18(17,16-9-14)12(6-2-3-7-12)10-4-5-11(13)15-8-10;1-14(13,12-6-10)5-7-2-3-8(9)11-4-7;;;;/h4-5,8H,2-3,6-7H2,1H3;2-4H,5H2,1H3;3*1H4;1H/i;;;;;1+1. The predicted octanol–water partition coefficient (Wildman–Crippen LogP) is 7.05. The number of aromatic nitrogens is 2. The van der Waals surface area contributed by atoms with E-state index in [-0.39, 0.29) is 29.5 Å². The Morgan fingerprint density at radius 2 is 1.46 bits per heavy atom. The summed E-state index contributed by atoms with van der Waals surface area (Å²) in [4.78, 5) is 7.90. The van der Waals surface area contributed by atoms with Crippen molar-refractivity contribution < 1.29 is 9.84 Å². The summed E-state index contributed by atoms with van der Waals surface area (Å²) in [6.07, 6.45) is 13.0. The molecule has 2 aromatic heterocycles. The Balaban J connectivity index is -0.000000558. The van der Waals surface area contributed by atoms with Gasteiger partial charge in [0.1, 0.15) is 10.3 Å². The van der Waals surface area contributed by atoms with Crippen LogP contribution in [0, 0.1) is 22.9 Å². The Bertz CT molecular complexity index is 1270. The highest BCUT2D eigenvalue weighted by Crippen LogP contribution is 2.46. The molecule has 1 saturated carbocycles. The highest BCUT2D eigenvalue weighted by Gasteiger charge is 2.43. The molecule has 0 spiro atoms. The number of hydrogen-bond donors (Lipinski definition) is 0. The van der Waals surface area contributed by atoms with Crippen molar-refractivity contribution >= 4 is 42.7 Å². The first-order chi connectivity index (χ1) is 15.0. The van der Waals surface area contributed by atoms with Gasteiger partial charge in [-0.2, -0.15) is 10.5 Å². The average molecular weight is 565 g/mol. The molecule has 12 heteroatoms. The maximum absolute atomic E-state index is 12.7. The number of halogens is 2. The van der Waals surface area contributed by atoms with Crippen molar-refractivity contribution in [3.8, 4) is 12.4 Å². The largest absolute Gasteiger partial charge is 0.249 e. The second kappa shape index (κ2) is 15.0. The molecule has 2 atom stereocenters. The van der Waals surface area contributed by atoms with Gasteiger partial charge >= 0.3 is 0 Å². The zero-order chi connectivity index (χ0) is 23.8. The second-order valence-corrected chi connectivity index (χ2v) is 13.1. The molecule has 2 aromatic rings. The first-order valence-electron chi connectivity index (χ1n) is 9.45. The molecule has 1 aliphatic rings. The predicted molar refractivity (Wildman–Crippen MR) is 149 cm³/mol. The highest BCUT2D eigenvalue weighted by molar-refractivity contribution is 7.94. The van der Waals surface area contributed by atoms with E-state index in [0.717, 1.165) is 36.8 Å². The molecule has 0 aliphatic heterocycles. The van der Waals surface area contributed by atoms with E-state index in [0.29, 0.717) is 10.3 Å². The van der Waals surface area contributed by atoms with E-state index in [1.807, 2.05) is 6.07 Å². The van der Waals surface area contributed by atoms with Crippen LogP contribution in [0.15, 0.2) is 45.4 Å². The van der Waals surface area contributed by atoms with Gasteiger partial charge in [0.05, 0.1) is 30.0 Å². The van der Waals surface area contributed by atoms with E-state index in [9.17, 15) is 8.42 Å². The number of hydrogen-bond acceptors (Lipinski definition) is 8. The third-order valence-electron chi connectivity index (χ3n) is 5.06. The molecule has 1 fully saturated rings. The molecule has 2 unspecified atom stereocenters. The maximum Gasteiger partial charge on any atom is 0.214 e. The fourth-order valence-electron chi connectivity index (χ4n) is 3.56. The van der Waals surface area contributed by atoms with Gasteiger partial charge in [0.25, 0.3) is 0 Å². The molecule has 196 valence electrons. The lowest BCUT2D eigenvalue weighted by atomic mass is 9.98. The zero-order valence-corrected chi connectivity index (χ0v) is 20.7. The Hall–Kier alpha value is -2.24. The van der Waals surface area contributed by atoms with Gasteiger partial charge in [-0.25, -0.2) is 18.4 Å². The van der Waals surface area contributed by atoms with Crippen LogP contribution in [0.2, 0.25) is 10.3 Å². The van der Waals surface area contributed by atoms with Gasteiger partial charge in [-0.1, -0.05) is 70.5 Å². The van der Waals surface area contributed by atoms with Crippen LogP contribution in [0.1, 0.15) is 60.5 Å². The molecule has 0 bridgehead atoms. The van der Waals surface area contributed by atoms with E-state index in [4.69, 9.17) is 33.7 Å². The summed E-state index contributed by atoms with van der Waals surface area (Å²) < 4.78 is 30.8. The number of rotatable bonds is 4. The SMILES string of the molecule is C.C.C.CS(=O)(=NC#N)C1(c2ccc(Cl)nc2)CCCC1.CS(=O)(Cc1ccc(Cl)nc1)=NC#N.[2HH].